The SMILES string of the molecule is C=CCN1C(=O)[C@@H](Cc2cccc(C(F)(F)F)c2)S/C1=N\N=C(\C)c1ccc(F)cc1. The molecule has 1 aliphatic heterocycles. The number of hydrogen-bond acceptors (Lipinski definition) is 4. The first kappa shape index (κ1) is 22.7. The summed E-state index contributed by atoms with van der Waals surface area (Å²) in [6.07, 6.45) is -2.78. The van der Waals surface area contributed by atoms with Crippen molar-refractivity contribution < 1.29 is 22.4 Å². The van der Waals surface area contributed by atoms with Gasteiger partial charge < -0.3 is 0 Å². The maximum Gasteiger partial charge on any atom is 0.416 e. The van der Waals surface area contributed by atoms with Crippen LogP contribution in [0.25, 0.3) is 0 Å². The third-order valence-corrected chi connectivity index (χ3v) is 5.72. The van der Waals surface area contributed by atoms with Crippen LogP contribution in [0, 0.1) is 5.82 Å². The fourth-order valence-corrected chi connectivity index (χ4v) is 4.11. The van der Waals surface area contributed by atoms with Crippen molar-refractivity contribution in [2.75, 3.05) is 6.54 Å². The number of thioether (sulfide) groups is 1. The zero-order chi connectivity index (χ0) is 22.6. The number of amides is 1. The maximum absolute atomic E-state index is 13.1. The Morgan fingerprint density at radius 1 is 1.23 bits per heavy atom. The second-order valence-electron chi connectivity index (χ2n) is 6.82. The molecular formula is C22H19F4N3OS. The van der Waals surface area contributed by atoms with E-state index in [4.69, 9.17) is 0 Å². The molecule has 0 spiro atoms. The third-order valence-electron chi connectivity index (χ3n) is 4.55. The van der Waals surface area contributed by atoms with E-state index in [0.29, 0.717) is 22.0 Å². The van der Waals surface area contributed by atoms with Gasteiger partial charge in [-0.1, -0.05) is 48.2 Å². The molecule has 0 N–H and O–H groups in total. The van der Waals surface area contributed by atoms with Crippen molar-refractivity contribution in [2.24, 2.45) is 10.2 Å². The standard InChI is InChI=1S/C22H19F4N3OS/c1-3-11-29-20(30)19(13-15-5-4-6-17(12-15)22(24,25)26)31-21(29)28-27-14(2)16-7-9-18(23)10-8-16/h3-10,12,19H,1,11,13H2,2H3/b27-14-,28-21-/t19-/m1/s1. The summed E-state index contributed by atoms with van der Waals surface area (Å²) in [5.41, 5.74) is 0.861. The number of amidine groups is 1. The van der Waals surface area contributed by atoms with E-state index in [-0.39, 0.29) is 24.7 Å². The van der Waals surface area contributed by atoms with Gasteiger partial charge in [0.1, 0.15) is 5.82 Å². The van der Waals surface area contributed by atoms with E-state index in [2.05, 4.69) is 16.8 Å². The molecule has 1 aliphatic rings. The van der Waals surface area contributed by atoms with Gasteiger partial charge in [-0.2, -0.15) is 18.3 Å². The number of rotatable bonds is 6. The molecule has 1 heterocycles. The highest BCUT2D eigenvalue weighted by Crippen LogP contribution is 2.33. The predicted molar refractivity (Wildman–Crippen MR) is 114 cm³/mol. The lowest BCUT2D eigenvalue weighted by Gasteiger charge is -2.13. The van der Waals surface area contributed by atoms with Crippen molar-refractivity contribution in [3.8, 4) is 0 Å². The first-order valence-electron chi connectivity index (χ1n) is 9.32. The molecule has 0 radical (unpaired) electrons. The number of halogens is 4. The van der Waals surface area contributed by atoms with E-state index < -0.39 is 17.0 Å². The van der Waals surface area contributed by atoms with Crippen molar-refractivity contribution in [2.45, 2.75) is 24.8 Å². The summed E-state index contributed by atoms with van der Waals surface area (Å²) < 4.78 is 52.0. The summed E-state index contributed by atoms with van der Waals surface area (Å²) in [5.74, 6) is -0.634. The van der Waals surface area contributed by atoms with E-state index >= 15 is 0 Å². The van der Waals surface area contributed by atoms with Crippen LogP contribution in [0.4, 0.5) is 17.6 Å². The Balaban J connectivity index is 1.82. The van der Waals surface area contributed by atoms with Crippen molar-refractivity contribution in [1.82, 2.24) is 4.90 Å². The van der Waals surface area contributed by atoms with E-state index in [0.717, 1.165) is 23.9 Å². The van der Waals surface area contributed by atoms with Crippen LogP contribution in [0.15, 0.2) is 71.4 Å². The van der Waals surface area contributed by atoms with Crippen LogP contribution < -0.4 is 0 Å². The lowest BCUT2D eigenvalue weighted by atomic mass is 10.1. The van der Waals surface area contributed by atoms with Gasteiger partial charge >= 0.3 is 6.18 Å². The van der Waals surface area contributed by atoms with E-state index in [1.54, 1.807) is 25.1 Å². The normalized spacial score (nSPS) is 18.7. The van der Waals surface area contributed by atoms with Gasteiger partial charge in [0, 0.05) is 6.54 Å². The van der Waals surface area contributed by atoms with Gasteiger partial charge in [-0.25, -0.2) is 4.39 Å². The van der Waals surface area contributed by atoms with Gasteiger partial charge in [-0.15, -0.1) is 11.7 Å². The number of benzene rings is 2. The molecule has 9 heteroatoms. The van der Waals surface area contributed by atoms with Gasteiger partial charge in [0.25, 0.3) is 0 Å². The van der Waals surface area contributed by atoms with Crippen LogP contribution in [0.1, 0.15) is 23.6 Å². The molecule has 1 fully saturated rings. The average molecular weight is 449 g/mol. The molecule has 0 bridgehead atoms. The zero-order valence-electron chi connectivity index (χ0n) is 16.6. The summed E-state index contributed by atoms with van der Waals surface area (Å²) in [6.45, 7) is 5.55. The summed E-state index contributed by atoms with van der Waals surface area (Å²) in [6, 6.07) is 10.7. The molecule has 0 saturated carbocycles. The summed E-state index contributed by atoms with van der Waals surface area (Å²) >= 11 is 1.14. The quantitative estimate of drug-likeness (QED) is 0.260. The lowest BCUT2D eigenvalue weighted by Crippen LogP contribution is -2.32. The molecule has 31 heavy (non-hydrogen) atoms. The highest BCUT2D eigenvalue weighted by atomic mass is 32.2. The van der Waals surface area contributed by atoms with Gasteiger partial charge in [0.15, 0.2) is 5.17 Å². The fraction of sp³-hybridized carbons (Fsp3) is 0.227. The minimum absolute atomic E-state index is 0.126. The number of hydrogen-bond donors (Lipinski definition) is 0. The van der Waals surface area contributed by atoms with Crippen molar-refractivity contribution in [3.63, 3.8) is 0 Å². The molecule has 2 aromatic carbocycles. The summed E-state index contributed by atoms with van der Waals surface area (Å²) in [7, 11) is 0. The summed E-state index contributed by atoms with van der Waals surface area (Å²) in [5, 5.41) is 8.03. The largest absolute Gasteiger partial charge is 0.416 e. The van der Waals surface area contributed by atoms with E-state index in [1.165, 1.54) is 29.2 Å². The fourth-order valence-electron chi connectivity index (χ4n) is 2.97. The Labute approximate surface area is 181 Å². The highest BCUT2D eigenvalue weighted by molar-refractivity contribution is 8.15. The Morgan fingerprint density at radius 2 is 1.94 bits per heavy atom. The smallest absolute Gasteiger partial charge is 0.285 e. The topological polar surface area (TPSA) is 45.0 Å². The molecule has 162 valence electrons. The molecule has 1 amide bonds. The van der Waals surface area contributed by atoms with Crippen LogP contribution in [0.5, 0.6) is 0 Å². The van der Waals surface area contributed by atoms with Crippen LogP contribution in [-0.2, 0) is 17.4 Å². The Morgan fingerprint density at radius 3 is 2.58 bits per heavy atom. The molecule has 1 saturated heterocycles. The monoisotopic (exact) mass is 449 g/mol. The Bertz CT molecular complexity index is 1030. The van der Waals surface area contributed by atoms with Crippen LogP contribution >= 0.6 is 11.8 Å². The Kier molecular flexibility index (Phi) is 6.94. The molecule has 1 atom stereocenters. The lowest BCUT2D eigenvalue weighted by molar-refractivity contribution is -0.137. The molecule has 0 unspecified atom stereocenters. The molecule has 3 rings (SSSR count). The first-order chi connectivity index (χ1) is 14.7. The number of carbonyl (C=O) groups excluding carboxylic acids is 1. The van der Waals surface area contributed by atoms with Crippen LogP contribution in [0.2, 0.25) is 0 Å². The summed E-state index contributed by atoms with van der Waals surface area (Å²) in [4.78, 5) is 14.2. The predicted octanol–water partition coefficient (Wildman–Crippen LogP) is 5.30. The second-order valence-corrected chi connectivity index (χ2v) is 7.99. The van der Waals surface area contributed by atoms with Crippen LogP contribution in [0.3, 0.4) is 0 Å². The van der Waals surface area contributed by atoms with Crippen molar-refractivity contribution in [1.29, 1.82) is 0 Å². The van der Waals surface area contributed by atoms with E-state index in [1.807, 2.05) is 0 Å². The zero-order valence-corrected chi connectivity index (χ0v) is 17.4. The first-order valence-corrected chi connectivity index (χ1v) is 10.2. The molecule has 2 aromatic rings. The average Bonchev–Trinajstić information content (AvgIpc) is 3.01. The van der Waals surface area contributed by atoms with Crippen molar-refractivity contribution >= 4 is 28.5 Å². The third kappa shape index (κ3) is 5.61. The van der Waals surface area contributed by atoms with Gasteiger partial charge in [0.2, 0.25) is 5.91 Å². The van der Waals surface area contributed by atoms with Gasteiger partial charge in [-0.3, -0.25) is 9.69 Å². The van der Waals surface area contributed by atoms with Crippen LogP contribution in [-0.4, -0.2) is 33.5 Å². The molecule has 0 aromatic heterocycles. The minimum atomic E-state index is -4.45. The highest BCUT2D eigenvalue weighted by Gasteiger charge is 2.38. The second kappa shape index (κ2) is 9.47. The molecular weight excluding hydrogens is 430 g/mol. The minimum Gasteiger partial charge on any atom is -0.285 e. The molecule has 4 nitrogen and oxygen atoms in total. The number of carbonyl (C=O) groups is 1. The van der Waals surface area contributed by atoms with E-state index in [9.17, 15) is 22.4 Å². The molecule has 0 aliphatic carbocycles. The van der Waals surface area contributed by atoms with Gasteiger partial charge in [-0.05, 0) is 42.7 Å². The van der Waals surface area contributed by atoms with Crippen molar-refractivity contribution in [3.05, 3.63) is 83.7 Å². The van der Waals surface area contributed by atoms with Gasteiger partial charge in [0.05, 0.1) is 16.5 Å². The number of alkyl halides is 3. The maximum atomic E-state index is 13.1. The Hall–Kier alpha value is -2.94. The number of nitrogens with zero attached hydrogens (tertiary/aromatic N) is 3.